The van der Waals surface area contributed by atoms with Gasteiger partial charge in [0.15, 0.2) is 5.82 Å². The maximum absolute atomic E-state index is 12.5. The van der Waals surface area contributed by atoms with Crippen molar-refractivity contribution in [3.05, 3.63) is 77.4 Å². The molecule has 29 heavy (non-hydrogen) atoms. The lowest BCUT2D eigenvalue weighted by Crippen LogP contribution is -2.13. The third-order valence-electron chi connectivity index (χ3n) is 4.25. The predicted molar refractivity (Wildman–Crippen MR) is 109 cm³/mol. The van der Waals surface area contributed by atoms with Crippen LogP contribution in [0.4, 0.5) is 5.69 Å². The molecule has 3 heterocycles. The highest BCUT2D eigenvalue weighted by atomic mass is 16.5. The molecule has 4 rings (SSSR count). The number of pyridine rings is 1. The molecule has 0 aliphatic heterocycles. The maximum atomic E-state index is 12.5. The molecule has 0 saturated carbocycles. The fraction of sp³-hybridized carbons (Fsp3) is 0.143. The lowest BCUT2D eigenvalue weighted by atomic mass is 10.2. The molecule has 3 aromatic heterocycles. The van der Waals surface area contributed by atoms with Crippen LogP contribution in [0.1, 0.15) is 27.4 Å². The number of aryl methyl sites for hydroxylation is 3. The van der Waals surface area contributed by atoms with Crippen LogP contribution < -0.4 is 10.1 Å². The molecule has 8 nitrogen and oxygen atoms in total. The molecule has 1 amide bonds. The molecule has 0 fully saturated rings. The number of H-pyrrole nitrogens is 1. The van der Waals surface area contributed by atoms with Gasteiger partial charge in [0, 0.05) is 29.3 Å². The van der Waals surface area contributed by atoms with E-state index in [0.29, 0.717) is 28.7 Å². The summed E-state index contributed by atoms with van der Waals surface area (Å²) in [4.78, 5) is 16.9. The Labute approximate surface area is 167 Å². The van der Waals surface area contributed by atoms with Crippen molar-refractivity contribution in [3.8, 4) is 17.4 Å². The monoisotopic (exact) mass is 388 g/mol. The molecule has 0 spiro atoms. The number of hydrogen-bond acceptors (Lipinski definition) is 5. The molecule has 4 aromatic rings. The summed E-state index contributed by atoms with van der Waals surface area (Å²) in [7, 11) is 0. The first-order chi connectivity index (χ1) is 14.0. The van der Waals surface area contributed by atoms with Gasteiger partial charge in [-0.05, 0) is 63.2 Å². The van der Waals surface area contributed by atoms with Crippen molar-refractivity contribution >= 4 is 11.6 Å². The molecule has 1 aromatic carbocycles. The van der Waals surface area contributed by atoms with Crippen LogP contribution in [0.5, 0.6) is 11.6 Å². The van der Waals surface area contributed by atoms with E-state index in [1.54, 1.807) is 53.3 Å². The van der Waals surface area contributed by atoms with Crippen LogP contribution in [0.25, 0.3) is 5.82 Å². The molecule has 0 aliphatic carbocycles. The van der Waals surface area contributed by atoms with E-state index in [9.17, 15) is 4.79 Å². The van der Waals surface area contributed by atoms with Gasteiger partial charge in [-0.3, -0.25) is 9.89 Å². The standard InChI is InChI=1S/C21H20N6O2/c1-13-11-20(25-24-13)29-18-7-5-17(6-8-18)23-21(28)16-4-9-19(22-12-16)27-15(3)10-14(2)26-27/h4-12H,1-3H3,(H,23,28)(H,24,25). The van der Waals surface area contributed by atoms with Crippen molar-refractivity contribution in [2.24, 2.45) is 0 Å². The van der Waals surface area contributed by atoms with E-state index < -0.39 is 0 Å². The summed E-state index contributed by atoms with van der Waals surface area (Å²) in [5, 5.41) is 14.1. The van der Waals surface area contributed by atoms with Gasteiger partial charge in [-0.25, -0.2) is 9.67 Å². The fourth-order valence-electron chi connectivity index (χ4n) is 2.88. The number of ether oxygens (including phenoxy) is 1. The van der Waals surface area contributed by atoms with Crippen molar-refractivity contribution in [2.75, 3.05) is 5.32 Å². The van der Waals surface area contributed by atoms with Crippen LogP contribution in [-0.2, 0) is 0 Å². The van der Waals surface area contributed by atoms with E-state index in [4.69, 9.17) is 4.74 Å². The fourth-order valence-corrected chi connectivity index (χ4v) is 2.88. The van der Waals surface area contributed by atoms with Crippen molar-refractivity contribution in [3.63, 3.8) is 0 Å². The first-order valence-corrected chi connectivity index (χ1v) is 9.09. The van der Waals surface area contributed by atoms with Crippen molar-refractivity contribution < 1.29 is 9.53 Å². The van der Waals surface area contributed by atoms with Gasteiger partial charge in [0.2, 0.25) is 5.88 Å². The second kappa shape index (κ2) is 7.59. The maximum Gasteiger partial charge on any atom is 0.257 e. The minimum Gasteiger partial charge on any atom is -0.438 e. The van der Waals surface area contributed by atoms with E-state index in [0.717, 1.165) is 17.1 Å². The van der Waals surface area contributed by atoms with Crippen LogP contribution in [0.3, 0.4) is 0 Å². The van der Waals surface area contributed by atoms with E-state index >= 15 is 0 Å². The van der Waals surface area contributed by atoms with E-state index in [1.807, 2.05) is 26.8 Å². The molecular formula is C21H20N6O2. The Morgan fingerprint density at radius 3 is 2.45 bits per heavy atom. The van der Waals surface area contributed by atoms with Gasteiger partial charge in [0.25, 0.3) is 5.91 Å². The molecular weight excluding hydrogens is 368 g/mol. The minimum atomic E-state index is -0.242. The summed E-state index contributed by atoms with van der Waals surface area (Å²) in [6, 6.07) is 14.4. The molecule has 0 saturated heterocycles. The Balaban J connectivity index is 1.41. The molecule has 2 N–H and O–H groups in total. The smallest absolute Gasteiger partial charge is 0.257 e. The lowest BCUT2D eigenvalue weighted by Gasteiger charge is -2.08. The molecule has 8 heteroatoms. The zero-order chi connectivity index (χ0) is 20.4. The highest BCUT2D eigenvalue weighted by molar-refractivity contribution is 6.04. The van der Waals surface area contributed by atoms with E-state index in [1.165, 1.54) is 0 Å². The summed E-state index contributed by atoms with van der Waals surface area (Å²) in [5.74, 6) is 1.55. The number of carbonyl (C=O) groups excluding carboxylic acids is 1. The van der Waals surface area contributed by atoms with Crippen LogP contribution in [0.2, 0.25) is 0 Å². The first-order valence-electron chi connectivity index (χ1n) is 9.09. The predicted octanol–water partition coefficient (Wildman–Crippen LogP) is 3.96. The number of aromatic nitrogens is 5. The number of rotatable bonds is 5. The second-order valence-corrected chi connectivity index (χ2v) is 6.71. The number of amides is 1. The van der Waals surface area contributed by atoms with Gasteiger partial charge >= 0.3 is 0 Å². The molecule has 0 radical (unpaired) electrons. The van der Waals surface area contributed by atoms with Gasteiger partial charge in [-0.15, -0.1) is 5.10 Å². The third-order valence-corrected chi connectivity index (χ3v) is 4.25. The highest BCUT2D eigenvalue weighted by Crippen LogP contribution is 2.22. The summed E-state index contributed by atoms with van der Waals surface area (Å²) in [5.41, 5.74) is 3.94. The molecule has 0 aliphatic rings. The summed E-state index contributed by atoms with van der Waals surface area (Å²) in [6.07, 6.45) is 1.54. The van der Waals surface area contributed by atoms with Crippen molar-refractivity contribution in [2.45, 2.75) is 20.8 Å². The minimum absolute atomic E-state index is 0.242. The first kappa shape index (κ1) is 18.4. The average Bonchev–Trinajstić information content (AvgIpc) is 3.27. The number of nitrogens with one attached hydrogen (secondary N) is 2. The highest BCUT2D eigenvalue weighted by Gasteiger charge is 2.10. The van der Waals surface area contributed by atoms with Crippen LogP contribution in [0.15, 0.2) is 54.7 Å². The van der Waals surface area contributed by atoms with E-state index in [-0.39, 0.29) is 5.91 Å². The lowest BCUT2D eigenvalue weighted by molar-refractivity contribution is 0.102. The number of anilines is 1. The van der Waals surface area contributed by atoms with Gasteiger partial charge in [0.05, 0.1) is 11.3 Å². The molecule has 0 atom stereocenters. The zero-order valence-electron chi connectivity index (χ0n) is 16.3. The Hall–Kier alpha value is -3.94. The summed E-state index contributed by atoms with van der Waals surface area (Å²) < 4.78 is 7.38. The van der Waals surface area contributed by atoms with E-state index in [2.05, 4.69) is 25.6 Å². The molecule has 0 unspecified atom stereocenters. The summed E-state index contributed by atoms with van der Waals surface area (Å²) >= 11 is 0. The quantitative estimate of drug-likeness (QED) is 0.539. The van der Waals surface area contributed by atoms with Gasteiger partial charge in [-0.2, -0.15) is 5.10 Å². The largest absolute Gasteiger partial charge is 0.438 e. The number of nitrogens with zero attached hydrogens (tertiary/aromatic N) is 4. The van der Waals surface area contributed by atoms with Gasteiger partial charge in [0.1, 0.15) is 5.75 Å². The topological polar surface area (TPSA) is 97.7 Å². The summed E-state index contributed by atoms with van der Waals surface area (Å²) in [6.45, 7) is 5.79. The molecule has 0 bridgehead atoms. The van der Waals surface area contributed by atoms with Crippen LogP contribution in [-0.4, -0.2) is 30.9 Å². The SMILES string of the molecule is Cc1cc(C)n(-c2ccc(C(=O)Nc3ccc(Oc4cc(C)[nH]n4)cc3)cn2)n1. The average molecular weight is 388 g/mol. The second-order valence-electron chi connectivity index (χ2n) is 6.71. The van der Waals surface area contributed by atoms with Gasteiger partial charge < -0.3 is 10.1 Å². The number of hydrogen-bond donors (Lipinski definition) is 2. The van der Waals surface area contributed by atoms with Crippen molar-refractivity contribution in [1.29, 1.82) is 0 Å². The molecule has 146 valence electrons. The van der Waals surface area contributed by atoms with Crippen LogP contribution >= 0.6 is 0 Å². The third kappa shape index (κ3) is 4.16. The Kier molecular flexibility index (Phi) is 4.82. The zero-order valence-corrected chi connectivity index (χ0v) is 16.3. The number of carbonyl (C=O) groups is 1. The van der Waals surface area contributed by atoms with Crippen molar-refractivity contribution in [1.82, 2.24) is 25.0 Å². The number of aromatic amines is 1. The van der Waals surface area contributed by atoms with Gasteiger partial charge in [-0.1, -0.05) is 0 Å². The Bertz CT molecular complexity index is 1140. The Morgan fingerprint density at radius 2 is 1.86 bits per heavy atom. The number of benzene rings is 1. The van der Waals surface area contributed by atoms with Crippen LogP contribution in [0, 0.1) is 20.8 Å². The normalized spacial score (nSPS) is 10.7. The Morgan fingerprint density at radius 1 is 1.07 bits per heavy atom.